The van der Waals surface area contributed by atoms with Gasteiger partial charge in [0.1, 0.15) is 0 Å². The molecule has 0 atom stereocenters. The highest BCUT2D eigenvalue weighted by atomic mass is 16.1. The lowest BCUT2D eigenvalue weighted by molar-refractivity contribution is 0.995. The molecule has 0 fully saturated rings. The molecule has 6 aromatic carbocycles. The molecule has 44 heavy (non-hydrogen) atoms. The van der Waals surface area contributed by atoms with Gasteiger partial charge in [-0.15, -0.1) is 0 Å². The second-order valence-electron chi connectivity index (χ2n) is 11.5. The topological polar surface area (TPSA) is 44.0 Å². The zero-order chi connectivity index (χ0) is 29.4. The Balaban J connectivity index is 1.54. The lowest BCUT2D eigenvalue weighted by Gasteiger charge is -2.20. The minimum Gasteiger partial charge on any atom is -0.309 e. The SMILES string of the molecule is O=c1c2c(n(-c3cccc4ccccc34)c3cc4c(=O)c5ccccc5n(-c5cccc6ccccc56)c4cc13)=CCCC=2. The van der Waals surface area contributed by atoms with Crippen molar-refractivity contribution in [2.45, 2.75) is 12.8 Å². The van der Waals surface area contributed by atoms with Gasteiger partial charge in [-0.2, -0.15) is 0 Å². The Hall–Kier alpha value is -5.74. The first-order valence-corrected chi connectivity index (χ1v) is 15.0. The molecule has 0 unspecified atom stereocenters. The van der Waals surface area contributed by atoms with Crippen molar-refractivity contribution in [3.05, 3.63) is 152 Å². The lowest BCUT2D eigenvalue weighted by atomic mass is 10.0. The van der Waals surface area contributed by atoms with Crippen LogP contribution in [-0.4, -0.2) is 9.13 Å². The van der Waals surface area contributed by atoms with E-state index in [1.807, 2.05) is 66.7 Å². The number of hydrogen-bond donors (Lipinski definition) is 0. The highest BCUT2D eigenvalue weighted by Crippen LogP contribution is 2.31. The first-order valence-electron chi connectivity index (χ1n) is 15.0. The average Bonchev–Trinajstić information content (AvgIpc) is 3.08. The van der Waals surface area contributed by atoms with Crippen LogP contribution in [0.3, 0.4) is 0 Å². The molecule has 2 heterocycles. The molecule has 208 valence electrons. The number of nitrogens with zero attached hydrogens (tertiary/aromatic N) is 2. The standard InChI is InChI=1S/C40H26N2O2/c43-39-29-17-5-7-19-35(29)41(33-21-9-13-25-11-1-3-15-27(25)33)37-23-32-38(24-31(37)39)42(36-20-8-6-18-30(36)40(32)44)34-22-10-14-26-12-2-4-16-28(26)34/h1-5,7,9-24H,6,8H2. The fraction of sp³-hybridized carbons (Fsp3) is 0.0500. The molecule has 4 nitrogen and oxygen atoms in total. The molecule has 0 radical (unpaired) electrons. The summed E-state index contributed by atoms with van der Waals surface area (Å²) in [6.07, 6.45) is 5.91. The fourth-order valence-corrected chi connectivity index (χ4v) is 7.13. The van der Waals surface area contributed by atoms with Gasteiger partial charge in [0, 0.05) is 32.1 Å². The first kappa shape index (κ1) is 24.8. The van der Waals surface area contributed by atoms with Crippen molar-refractivity contribution in [2.75, 3.05) is 0 Å². The molecule has 0 spiro atoms. The molecule has 0 saturated heterocycles. The summed E-state index contributed by atoms with van der Waals surface area (Å²) in [5.41, 5.74) is 4.18. The highest BCUT2D eigenvalue weighted by Gasteiger charge is 2.19. The van der Waals surface area contributed by atoms with Gasteiger partial charge in [-0.1, -0.05) is 97.1 Å². The van der Waals surface area contributed by atoms with Gasteiger partial charge in [-0.05, 0) is 60.0 Å². The van der Waals surface area contributed by atoms with Crippen molar-refractivity contribution in [3.8, 4) is 11.4 Å². The molecule has 1 aliphatic carbocycles. The van der Waals surface area contributed by atoms with Crippen LogP contribution in [-0.2, 0) is 0 Å². The van der Waals surface area contributed by atoms with Crippen LogP contribution in [0, 0.1) is 0 Å². The van der Waals surface area contributed by atoms with Crippen LogP contribution in [0.4, 0.5) is 0 Å². The second kappa shape index (κ2) is 9.38. The number of rotatable bonds is 2. The molecule has 8 aromatic rings. The Morgan fingerprint density at radius 3 is 1.66 bits per heavy atom. The minimum absolute atomic E-state index is 0.00517. The Kier molecular flexibility index (Phi) is 5.29. The maximum absolute atomic E-state index is 14.3. The quantitative estimate of drug-likeness (QED) is 0.209. The van der Waals surface area contributed by atoms with E-state index in [1.54, 1.807) is 0 Å². The molecule has 2 aromatic heterocycles. The molecular formula is C40H26N2O2. The Bertz CT molecular complexity index is 2760. The van der Waals surface area contributed by atoms with Crippen molar-refractivity contribution < 1.29 is 0 Å². The molecule has 0 aliphatic heterocycles. The summed E-state index contributed by atoms with van der Waals surface area (Å²) in [5.74, 6) is 0. The monoisotopic (exact) mass is 566 g/mol. The smallest absolute Gasteiger partial charge is 0.197 e. The van der Waals surface area contributed by atoms with Gasteiger partial charge in [0.25, 0.3) is 0 Å². The largest absolute Gasteiger partial charge is 0.309 e. The number of para-hydroxylation sites is 1. The van der Waals surface area contributed by atoms with Crippen LogP contribution in [0.2, 0.25) is 0 Å². The van der Waals surface area contributed by atoms with Crippen LogP contribution in [0.1, 0.15) is 12.8 Å². The Morgan fingerprint density at radius 2 is 0.955 bits per heavy atom. The van der Waals surface area contributed by atoms with E-state index in [1.165, 1.54) is 0 Å². The van der Waals surface area contributed by atoms with Gasteiger partial charge in [0.2, 0.25) is 0 Å². The molecule has 0 amide bonds. The van der Waals surface area contributed by atoms with Crippen LogP contribution in [0.5, 0.6) is 0 Å². The van der Waals surface area contributed by atoms with Crippen LogP contribution in [0.25, 0.3) is 77.8 Å². The summed E-state index contributed by atoms with van der Waals surface area (Å²) in [7, 11) is 0. The molecule has 0 bridgehead atoms. The van der Waals surface area contributed by atoms with Gasteiger partial charge >= 0.3 is 0 Å². The predicted molar refractivity (Wildman–Crippen MR) is 183 cm³/mol. The third-order valence-corrected chi connectivity index (χ3v) is 9.10. The number of benzene rings is 6. The number of aromatic nitrogens is 2. The Morgan fingerprint density at radius 1 is 0.432 bits per heavy atom. The molecule has 0 N–H and O–H groups in total. The molecule has 0 saturated carbocycles. The van der Waals surface area contributed by atoms with Gasteiger partial charge in [-0.3, -0.25) is 9.59 Å². The first-order chi connectivity index (χ1) is 21.7. The maximum Gasteiger partial charge on any atom is 0.197 e. The van der Waals surface area contributed by atoms with E-state index in [0.29, 0.717) is 16.2 Å². The third kappa shape index (κ3) is 3.45. The van der Waals surface area contributed by atoms with Crippen LogP contribution < -0.4 is 21.4 Å². The van der Waals surface area contributed by atoms with E-state index in [9.17, 15) is 9.59 Å². The summed E-state index contributed by atoms with van der Waals surface area (Å²) >= 11 is 0. The normalized spacial score (nSPS) is 12.9. The van der Waals surface area contributed by atoms with E-state index < -0.39 is 0 Å². The van der Waals surface area contributed by atoms with E-state index in [0.717, 1.165) is 72.9 Å². The van der Waals surface area contributed by atoms with Gasteiger partial charge in [0.05, 0.1) is 33.3 Å². The zero-order valence-corrected chi connectivity index (χ0v) is 23.8. The summed E-state index contributed by atoms with van der Waals surface area (Å²) in [5, 5.41) is 7.82. The van der Waals surface area contributed by atoms with Crippen molar-refractivity contribution in [1.29, 1.82) is 0 Å². The van der Waals surface area contributed by atoms with E-state index in [2.05, 4.69) is 75.9 Å². The second-order valence-corrected chi connectivity index (χ2v) is 11.5. The third-order valence-electron chi connectivity index (χ3n) is 9.10. The molecule has 9 rings (SSSR count). The van der Waals surface area contributed by atoms with Crippen molar-refractivity contribution in [2.24, 2.45) is 0 Å². The summed E-state index contributed by atoms with van der Waals surface area (Å²) in [6.45, 7) is 0. The minimum atomic E-state index is -0.0424. The van der Waals surface area contributed by atoms with Crippen LogP contribution >= 0.6 is 0 Å². The van der Waals surface area contributed by atoms with Crippen LogP contribution in [0.15, 0.2) is 131 Å². The number of hydrogen-bond acceptors (Lipinski definition) is 2. The fourth-order valence-electron chi connectivity index (χ4n) is 7.13. The summed E-state index contributed by atoms with van der Waals surface area (Å²) < 4.78 is 4.35. The van der Waals surface area contributed by atoms with E-state index >= 15 is 0 Å². The Labute approximate surface area is 251 Å². The summed E-state index contributed by atoms with van der Waals surface area (Å²) in [6, 6.07) is 40.8. The van der Waals surface area contributed by atoms with E-state index in [-0.39, 0.29) is 10.9 Å². The van der Waals surface area contributed by atoms with E-state index in [4.69, 9.17) is 0 Å². The highest BCUT2D eigenvalue weighted by molar-refractivity contribution is 6.04. The van der Waals surface area contributed by atoms with Crippen molar-refractivity contribution in [3.63, 3.8) is 0 Å². The lowest BCUT2D eigenvalue weighted by Crippen LogP contribution is -2.46. The maximum atomic E-state index is 14.3. The number of pyridine rings is 2. The zero-order valence-electron chi connectivity index (χ0n) is 23.8. The predicted octanol–water partition coefficient (Wildman–Crippen LogP) is 7.11. The van der Waals surface area contributed by atoms with Gasteiger partial charge in [-0.25, -0.2) is 0 Å². The summed E-state index contributed by atoms with van der Waals surface area (Å²) in [4.78, 5) is 28.6. The molecule has 4 heteroatoms. The van der Waals surface area contributed by atoms with Crippen molar-refractivity contribution in [1.82, 2.24) is 9.13 Å². The van der Waals surface area contributed by atoms with Gasteiger partial charge in [0.15, 0.2) is 10.9 Å². The number of fused-ring (bicyclic) bond motifs is 6. The van der Waals surface area contributed by atoms with Gasteiger partial charge < -0.3 is 9.13 Å². The van der Waals surface area contributed by atoms with Crippen molar-refractivity contribution >= 4 is 66.4 Å². The molecular weight excluding hydrogens is 540 g/mol. The molecule has 1 aliphatic rings. The average molecular weight is 567 g/mol.